The van der Waals surface area contributed by atoms with E-state index in [2.05, 4.69) is 48.8 Å². The lowest BCUT2D eigenvalue weighted by molar-refractivity contribution is -0.139. The van der Waals surface area contributed by atoms with Crippen molar-refractivity contribution in [2.45, 2.75) is 12.5 Å². The Morgan fingerprint density at radius 2 is 1.89 bits per heavy atom. The van der Waals surface area contributed by atoms with Crippen molar-refractivity contribution in [1.82, 2.24) is 10.3 Å². The first-order valence-electron chi connectivity index (χ1n) is 7.98. The van der Waals surface area contributed by atoms with E-state index in [9.17, 15) is 23.5 Å². The van der Waals surface area contributed by atoms with Crippen LogP contribution in [-0.4, -0.2) is 28.0 Å². The quantitative estimate of drug-likeness (QED) is 0.456. The first kappa shape index (κ1) is 20.6. The maximum atomic E-state index is 13.8. The molecule has 0 saturated carbocycles. The molecular weight excluding hydrogens is 549 g/mol. The second-order valence-electron chi connectivity index (χ2n) is 5.92. The summed E-state index contributed by atoms with van der Waals surface area (Å²) in [5.41, 5.74) is 0.463. The molecule has 0 bridgehead atoms. The van der Waals surface area contributed by atoms with E-state index < -0.39 is 35.1 Å². The van der Waals surface area contributed by atoms with Gasteiger partial charge in [-0.3, -0.25) is 9.78 Å². The molecule has 1 amide bonds. The molecule has 0 fully saturated rings. The number of pyridine rings is 1. The van der Waals surface area contributed by atoms with E-state index in [1.165, 1.54) is 0 Å². The Labute approximate surface area is 180 Å². The van der Waals surface area contributed by atoms with Crippen LogP contribution in [0.4, 0.5) is 8.78 Å². The zero-order valence-corrected chi connectivity index (χ0v) is 17.8. The summed E-state index contributed by atoms with van der Waals surface area (Å²) in [4.78, 5) is 28.3. The van der Waals surface area contributed by atoms with Crippen molar-refractivity contribution >= 4 is 61.3 Å². The normalized spacial score (nSPS) is 12.0. The van der Waals surface area contributed by atoms with E-state index in [0.717, 1.165) is 31.6 Å². The lowest BCUT2D eigenvalue weighted by Gasteiger charge is -2.17. The molecule has 0 aliphatic heterocycles. The number of aromatic nitrogens is 1. The molecule has 2 aromatic carbocycles. The second kappa shape index (κ2) is 8.48. The summed E-state index contributed by atoms with van der Waals surface area (Å²) in [5, 5.41) is 12.4. The molecule has 9 heteroatoms. The fraction of sp³-hybridized carbons (Fsp3) is 0.105. The molecule has 5 nitrogen and oxygen atoms in total. The van der Waals surface area contributed by atoms with Gasteiger partial charge in [0.05, 0.1) is 5.52 Å². The standard InChI is InChI=1S/C19H12BrF2IN2O3/c20-12-5-4-9(11-7-10(23)8-24-17(11)12)6-15(19(27)28)25-18(26)16-13(21)2-1-3-14(16)22/h1-5,7-8,15H,6H2,(H,25,26)(H,27,28). The highest BCUT2D eigenvalue weighted by Gasteiger charge is 2.25. The van der Waals surface area contributed by atoms with Gasteiger partial charge in [0.25, 0.3) is 5.91 Å². The Hall–Kier alpha value is -2.14. The highest BCUT2D eigenvalue weighted by atomic mass is 127. The zero-order valence-electron chi connectivity index (χ0n) is 14.0. The predicted molar refractivity (Wildman–Crippen MR) is 111 cm³/mol. The summed E-state index contributed by atoms with van der Waals surface area (Å²) in [6.45, 7) is 0. The van der Waals surface area contributed by atoms with Crippen molar-refractivity contribution in [3.05, 3.63) is 73.4 Å². The van der Waals surface area contributed by atoms with E-state index >= 15 is 0 Å². The molecule has 1 atom stereocenters. The molecular formula is C19H12BrF2IN2O3. The molecule has 1 heterocycles. The van der Waals surface area contributed by atoms with Crippen LogP contribution in [0.3, 0.4) is 0 Å². The number of hydrogen-bond acceptors (Lipinski definition) is 3. The van der Waals surface area contributed by atoms with Crippen LogP contribution in [-0.2, 0) is 11.2 Å². The number of rotatable bonds is 5. The van der Waals surface area contributed by atoms with Gasteiger partial charge in [-0.15, -0.1) is 0 Å². The van der Waals surface area contributed by atoms with Gasteiger partial charge in [0.2, 0.25) is 0 Å². The molecule has 0 aliphatic carbocycles. The monoisotopic (exact) mass is 560 g/mol. The third-order valence-electron chi connectivity index (χ3n) is 4.07. The topological polar surface area (TPSA) is 79.3 Å². The van der Waals surface area contributed by atoms with Gasteiger partial charge in [-0.25, -0.2) is 13.6 Å². The van der Waals surface area contributed by atoms with Crippen LogP contribution >= 0.6 is 38.5 Å². The summed E-state index contributed by atoms with van der Waals surface area (Å²) in [6, 6.07) is 6.91. The average molecular weight is 561 g/mol. The lowest BCUT2D eigenvalue weighted by atomic mass is 10.0. The Balaban J connectivity index is 1.94. The molecule has 28 heavy (non-hydrogen) atoms. The zero-order chi connectivity index (χ0) is 20.4. The molecule has 0 radical (unpaired) electrons. The van der Waals surface area contributed by atoms with Gasteiger partial charge in [0, 0.05) is 26.0 Å². The Morgan fingerprint density at radius 1 is 1.21 bits per heavy atom. The lowest BCUT2D eigenvalue weighted by Crippen LogP contribution is -2.43. The molecule has 1 aromatic heterocycles. The van der Waals surface area contributed by atoms with Crippen molar-refractivity contribution in [3.63, 3.8) is 0 Å². The highest BCUT2D eigenvalue weighted by molar-refractivity contribution is 14.1. The Bertz CT molecular complexity index is 1070. The van der Waals surface area contributed by atoms with Crippen molar-refractivity contribution in [2.24, 2.45) is 0 Å². The van der Waals surface area contributed by atoms with Crippen molar-refractivity contribution in [2.75, 3.05) is 0 Å². The van der Waals surface area contributed by atoms with Crippen LogP contribution < -0.4 is 5.32 Å². The van der Waals surface area contributed by atoms with Crippen molar-refractivity contribution < 1.29 is 23.5 Å². The first-order chi connectivity index (χ1) is 13.3. The van der Waals surface area contributed by atoms with Gasteiger partial charge >= 0.3 is 5.97 Å². The van der Waals surface area contributed by atoms with Gasteiger partial charge in [-0.05, 0) is 68.3 Å². The summed E-state index contributed by atoms with van der Waals surface area (Å²) in [7, 11) is 0. The number of carbonyl (C=O) groups is 2. The van der Waals surface area contributed by atoms with E-state index in [0.29, 0.717) is 11.1 Å². The number of carbonyl (C=O) groups excluding carboxylic acids is 1. The third kappa shape index (κ3) is 4.30. The molecule has 144 valence electrons. The number of halogens is 4. The number of benzene rings is 2. The maximum absolute atomic E-state index is 13.8. The van der Waals surface area contributed by atoms with Crippen molar-refractivity contribution in [3.8, 4) is 0 Å². The molecule has 2 N–H and O–H groups in total. The van der Waals surface area contributed by atoms with E-state index in [1.807, 2.05) is 6.07 Å². The van der Waals surface area contributed by atoms with E-state index in [-0.39, 0.29) is 6.42 Å². The minimum atomic E-state index is -1.38. The third-order valence-corrected chi connectivity index (χ3v) is 5.30. The fourth-order valence-corrected chi connectivity index (χ4v) is 3.66. The highest BCUT2D eigenvalue weighted by Crippen LogP contribution is 2.27. The van der Waals surface area contributed by atoms with Crippen LogP contribution in [0.1, 0.15) is 15.9 Å². The smallest absolute Gasteiger partial charge is 0.326 e. The van der Waals surface area contributed by atoms with Crippen LogP contribution in [0.25, 0.3) is 10.9 Å². The maximum Gasteiger partial charge on any atom is 0.326 e. The predicted octanol–water partition coefficient (Wildman–Crippen LogP) is 4.31. The number of hydrogen-bond donors (Lipinski definition) is 2. The number of aliphatic carboxylic acids is 1. The molecule has 3 aromatic rings. The number of amides is 1. The van der Waals surface area contributed by atoms with E-state index in [4.69, 9.17) is 0 Å². The van der Waals surface area contributed by atoms with Gasteiger partial charge in [-0.1, -0.05) is 12.1 Å². The Morgan fingerprint density at radius 3 is 2.54 bits per heavy atom. The fourth-order valence-electron chi connectivity index (χ4n) is 2.76. The number of nitrogens with zero attached hydrogens (tertiary/aromatic N) is 1. The summed E-state index contributed by atoms with van der Waals surface area (Å²) in [6.07, 6.45) is 1.59. The number of carboxylic acids is 1. The SMILES string of the molecule is O=C(NC(Cc1ccc(Br)c2ncc(I)cc12)C(=O)O)c1c(F)cccc1F. The first-order valence-corrected chi connectivity index (χ1v) is 9.85. The minimum absolute atomic E-state index is 0.0807. The largest absolute Gasteiger partial charge is 0.480 e. The van der Waals surface area contributed by atoms with Crippen LogP contribution in [0.15, 0.2) is 47.1 Å². The Kier molecular flexibility index (Phi) is 6.23. The molecule has 0 saturated heterocycles. The van der Waals surface area contributed by atoms with E-state index in [1.54, 1.807) is 18.3 Å². The van der Waals surface area contributed by atoms with Crippen LogP contribution in [0, 0.1) is 15.2 Å². The molecule has 3 rings (SSSR count). The summed E-state index contributed by atoms with van der Waals surface area (Å²) < 4.78 is 29.2. The molecule has 0 spiro atoms. The van der Waals surface area contributed by atoms with Gasteiger partial charge in [-0.2, -0.15) is 0 Å². The summed E-state index contributed by atoms with van der Waals surface area (Å²) in [5.74, 6) is -4.57. The van der Waals surface area contributed by atoms with Gasteiger partial charge in [0.15, 0.2) is 0 Å². The van der Waals surface area contributed by atoms with Crippen LogP contribution in [0.5, 0.6) is 0 Å². The summed E-state index contributed by atoms with van der Waals surface area (Å²) >= 11 is 5.49. The number of nitrogens with one attached hydrogen (secondary N) is 1. The van der Waals surface area contributed by atoms with Crippen molar-refractivity contribution in [1.29, 1.82) is 0 Å². The average Bonchev–Trinajstić information content (AvgIpc) is 2.63. The number of carboxylic acid groups (broad SMARTS) is 1. The van der Waals surface area contributed by atoms with Crippen LogP contribution in [0.2, 0.25) is 0 Å². The van der Waals surface area contributed by atoms with Gasteiger partial charge in [0.1, 0.15) is 23.2 Å². The van der Waals surface area contributed by atoms with Gasteiger partial charge < -0.3 is 10.4 Å². The second-order valence-corrected chi connectivity index (χ2v) is 8.02. The minimum Gasteiger partial charge on any atom is -0.480 e. The number of fused-ring (bicyclic) bond motifs is 1. The molecule has 0 aliphatic rings. The molecule has 1 unspecified atom stereocenters.